The molecule has 0 rings (SSSR count). The molecule has 0 unspecified atom stereocenters. The summed E-state index contributed by atoms with van der Waals surface area (Å²) in [4.78, 5) is 0. The molecular formula is C6H16AsN. The summed E-state index contributed by atoms with van der Waals surface area (Å²) >= 11 is -0.564. The van der Waals surface area contributed by atoms with Crippen molar-refractivity contribution in [1.82, 2.24) is 0 Å². The van der Waals surface area contributed by atoms with Gasteiger partial charge in [-0.1, -0.05) is 0 Å². The van der Waals surface area contributed by atoms with Gasteiger partial charge in [-0.05, 0) is 0 Å². The Hall–Kier alpha value is 0.518. The summed E-state index contributed by atoms with van der Waals surface area (Å²) in [6.07, 6.45) is 0. The summed E-state index contributed by atoms with van der Waals surface area (Å²) in [5.41, 5.74) is 10.2. The van der Waals surface area contributed by atoms with Crippen molar-refractivity contribution in [3.8, 4) is 0 Å². The zero-order chi connectivity index (χ0) is 6.78. The fourth-order valence-corrected chi connectivity index (χ4v) is 0.949. The van der Waals surface area contributed by atoms with E-state index in [9.17, 15) is 0 Å². The molecule has 0 aliphatic rings. The van der Waals surface area contributed by atoms with Gasteiger partial charge < -0.3 is 0 Å². The zero-order valence-corrected chi connectivity index (χ0v) is 8.11. The molecule has 8 heavy (non-hydrogen) atoms. The minimum atomic E-state index is -0.564. The molecular weight excluding hydrogens is 161 g/mol. The Balaban J connectivity index is 3.71. The topological polar surface area (TPSA) is 26.0 Å². The molecule has 1 nitrogen and oxygen atoms in total. The maximum absolute atomic E-state index is 5.54. The van der Waals surface area contributed by atoms with Crippen molar-refractivity contribution in [2.45, 2.75) is 29.5 Å². The van der Waals surface area contributed by atoms with E-state index in [1.807, 2.05) is 0 Å². The molecule has 0 saturated heterocycles. The van der Waals surface area contributed by atoms with E-state index in [4.69, 9.17) is 5.73 Å². The van der Waals surface area contributed by atoms with Gasteiger partial charge in [-0.15, -0.1) is 0 Å². The van der Waals surface area contributed by atoms with E-state index < -0.39 is 14.7 Å². The van der Waals surface area contributed by atoms with E-state index in [0.717, 1.165) is 6.54 Å². The van der Waals surface area contributed by atoms with Crippen LogP contribution in [0.1, 0.15) is 13.8 Å². The Bertz CT molecular complexity index is 68.9. The number of hydrogen-bond donors (Lipinski definition) is 1. The molecule has 0 bridgehead atoms. The quantitative estimate of drug-likeness (QED) is 0.635. The van der Waals surface area contributed by atoms with Crippen LogP contribution in [0.5, 0.6) is 0 Å². The fraction of sp³-hybridized carbons (Fsp3) is 1.00. The van der Waals surface area contributed by atoms with Gasteiger partial charge in [0.25, 0.3) is 0 Å². The number of rotatable bonds is 2. The van der Waals surface area contributed by atoms with Crippen molar-refractivity contribution in [1.29, 1.82) is 0 Å². The molecule has 0 spiro atoms. The zero-order valence-electron chi connectivity index (χ0n) is 6.23. The van der Waals surface area contributed by atoms with Gasteiger partial charge in [0.15, 0.2) is 0 Å². The van der Waals surface area contributed by atoms with Crippen LogP contribution in [0.3, 0.4) is 0 Å². The predicted molar refractivity (Wildman–Crippen MR) is 40.6 cm³/mol. The molecule has 0 atom stereocenters. The van der Waals surface area contributed by atoms with E-state index in [0.29, 0.717) is 4.20 Å². The van der Waals surface area contributed by atoms with Crippen LogP contribution < -0.4 is 5.73 Å². The summed E-state index contributed by atoms with van der Waals surface area (Å²) in [7, 11) is 0. The minimum absolute atomic E-state index is 0.465. The average molecular weight is 177 g/mol. The molecule has 0 amide bonds. The van der Waals surface area contributed by atoms with Crippen LogP contribution in [0.25, 0.3) is 0 Å². The normalized spacial score (nSPS) is 12.8. The monoisotopic (exact) mass is 177 g/mol. The van der Waals surface area contributed by atoms with E-state index >= 15 is 0 Å². The van der Waals surface area contributed by atoms with Gasteiger partial charge in [-0.3, -0.25) is 0 Å². The third-order valence-corrected chi connectivity index (χ3v) is 7.17. The van der Waals surface area contributed by atoms with Crippen molar-refractivity contribution in [3.63, 3.8) is 0 Å². The molecule has 2 heteroatoms. The fourth-order valence-electron chi connectivity index (χ4n) is 0.183. The average Bonchev–Trinajstić information content (AvgIpc) is 1.67. The molecule has 0 heterocycles. The van der Waals surface area contributed by atoms with Gasteiger partial charge in [0.05, 0.1) is 0 Å². The third kappa shape index (κ3) is 2.19. The van der Waals surface area contributed by atoms with E-state index in [2.05, 4.69) is 25.3 Å². The first-order valence-corrected chi connectivity index (χ1v) is 7.57. The van der Waals surface area contributed by atoms with Crippen LogP contribution in [-0.2, 0) is 0 Å². The summed E-state index contributed by atoms with van der Waals surface area (Å²) in [5, 5.41) is 0. The van der Waals surface area contributed by atoms with Gasteiger partial charge in [0.1, 0.15) is 0 Å². The van der Waals surface area contributed by atoms with Crippen LogP contribution in [0.15, 0.2) is 0 Å². The van der Waals surface area contributed by atoms with Crippen molar-refractivity contribution in [2.24, 2.45) is 5.73 Å². The summed E-state index contributed by atoms with van der Waals surface area (Å²) in [6.45, 7) is 5.36. The van der Waals surface area contributed by atoms with Crippen LogP contribution in [0.4, 0.5) is 0 Å². The van der Waals surface area contributed by atoms with E-state index in [1.54, 1.807) is 0 Å². The van der Waals surface area contributed by atoms with Crippen LogP contribution in [0.2, 0.25) is 15.6 Å². The van der Waals surface area contributed by atoms with Gasteiger partial charge >= 0.3 is 56.4 Å². The Labute approximate surface area is 56.9 Å². The van der Waals surface area contributed by atoms with Crippen molar-refractivity contribution < 1.29 is 0 Å². The van der Waals surface area contributed by atoms with Gasteiger partial charge in [0, 0.05) is 0 Å². The van der Waals surface area contributed by atoms with Crippen LogP contribution >= 0.6 is 0 Å². The Morgan fingerprint density at radius 1 is 1.38 bits per heavy atom. The first kappa shape index (κ1) is 8.52. The summed E-state index contributed by atoms with van der Waals surface area (Å²) in [6, 6.07) is 0. The first-order valence-electron chi connectivity index (χ1n) is 2.88. The molecule has 0 aliphatic carbocycles. The molecule has 0 radical (unpaired) electrons. The molecule has 0 aromatic rings. The Kier molecular flexibility index (Phi) is 3.07. The Morgan fingerprint density at radius 2 is 1.75 bits per heavy atom. The van der Waals surface area contributed by atoms with Crippen molar-refractivity contribution in [2.75, 3.05) is 6.54 Å². The molecule has 0 aromatic heterocycles. The molecule has 0 aromatic carbocycles. The van der Waals surface area contributed by atoms with E-state index in [-0.39, 0.29) is 0 Å². The molecule has 2 N–H and O–H groups in total. The summed E-state index contributed by atoms with van der Waals surface area (Å²) in [5.74, 6) is 0. The predicted octanol–water partition coefficient (Wildman–Crippen LogP) is 1.48. The third-order valence-electron chi connectivity index (χ3n) is 1.71. The van der Waals surface area contributed by atoms with Crippen molar-refractivity contribution in [3.05, 3.63) is 0 Å². The molecule has 50 valence electrons. The standard InChI is InChI=1S/C6H16AsN/c1-6(2,5-8)7(3)4/h5,8H2,1-4H3. The Morgan fingerprint density at radius 3 is 1.75 bits per heavy atom. The molecule has 0 fully saturated rings. The molecule has 0 saturated carbocycles. The van der Waals surface area contributed by atoms with Gasteiger partial charge in [0.2, 0.25) is 0 Å². The van der Waals surface area contributed by atoms with Gasteiger partial charge in [-0.25, -0.2) is 0 Å². The summed E-state index contributed by atoms with van der Waals surface area (Å²) < 4.78 is 0.465. The first-order chi connectivity index (χ1) is 3.50. The van der Waals surface area contributed by atoms with Gasteiger partial charge in [-0.2, -0.15) is 0 Å². The van der Waals surface area contributed by atoms with E-state index in [1.165, 1.54) is 0 Å². The second-order valence-corrected chi connectivity index (χ2v) is 9.20. The van der Waals surface area contributed by atoms with Crippen LogP contribution in [-0.4, -0.2) is 21.2 Å². The second kappa shape index (κ2) is 2.89. The number of hydrogen-bond acceptors (Lipinski definition) is 1. The van der Waals surface area contributed by atoms with Crippen molar-refractivity contribution >= 4 is 14.7 Å². The maximum atomic E-state index is 5.54. The molecule has 0 aliphatic heterocycles. The van der Waals surface area contributed by atoms with Crippen LogP contribution in [0, 0.1) is 0 Å². The SMILES string of the molecule is C[As](C)C(C)(C)CN. The number of nitrogens with two attached hydrogens (primary N) is 1. The second-order valence-electron chi connectivity index (χ2n) is 2.91.